The summed E-state index contributed by atoms with van der Waals surface area (Å²) >= 11 is 4.33. The van der Waals surface area contributed by atoms with Gasteiger partial charge < -0.3 is 84.8 Å². The summed E-state index contributed by atoms with van der Waals surface area (Å²) in [5.41, 5.74) is 1.08. The van der Waals surface area contributed by atoms with Gasteiger partial charge in [0, 0.05) is 69.8 Å². The van der Waals surface area contributed by atoms with Crippen LogP contribution in [0.4, 0.5) is 4.79 Å². The average molecular weight is 1590 g/mol. The maximum absolute atomic E-state index is 11.0. The molecule has 12 saturated heterocycles. The minimum absolute atomic E-state index is 0.0150. The number of Topliss-reactive ketones (excluding diaryl/α,β-unsaturated/α-hetero) is 1. The average Bonchev–Trinajstić information content (AvgIpc) is 1.73. The van der Waals surface area contributed by atoms with Crippen molar-refractivity contribution in [2.45, 2.75) is 159 Å². The molecule has 12 heterocycles. The fourth-order valence-electron chi connectivity index (χ4n) is 8.20. The van der Waals surface area contributed by atoms with E-state index in [1.807, 2.05) is 51.1 Å². The van der Waals surface area contributed by atoms with Gasteiger partial charge in [-0.3, -0.25) is 34.1 Å². The molecule has 104 heavy (non-hydrogen) atoms. The molecule has 0 amide bonds. The second-order valence-electron chi connectivity index (χ2n) is 22.0. The van der Waals surface area contributed by atoms with E-state index in [-0.39, 0.29) is 133 Å². The van der Waals surface area contributed by atoms with Crippen molar-refractivity contribution in [3.63, 3.8) is 0 Å². The fourth-order valence-corrected chi connectivity index (χ4v) is 9.66. The molecule has 582 valence electrons. The summed E-state index contributed by atoms with van der Waals surface area (Å²) in [5.74, 6) is -3.90. The number of benzene rings is 1. The number of ether oxygens (including phenoxy) is 16. The van der Waals surface area contributed by atoms with Crippen LogP contribution in [0.3, 0.4) is 0 Å². The molecule has 40 heteroatoms. The van der Waals surface area contributed by atoms with Gasteiger partial charge in [0.05, 0.1) is 116 Å². The molecule has 0 spiro atoms. The van der Waals surface area contributed by atoms with Gasteiger partial charge in [-0.25, -0.2) is 58.1 Å². The summed E-state index contributed by atoms with van der Waals surface area (Å²) in [7, 11) is -1.97. The van der Waals surface area contributed by atoms with Crippen molar-refractivity contribution in [1.29, 1.82) is 0 Å². The molecule has 13 rings (SSSR count). The van der Waals surface area contributed by atoms with Crippen LogP contribution in [-0.4, -0.2) is 248 Å². The minimum Gasteiger partial charge on any atom is -0.465 e. The lowest BCUT2D eigenvalue weighted by Gasteiger charge is -2.07. The van der Waals surface area contributed by atoms with Gasteiger partial charge >= 0.3 is 89.0 Å². The highest BCUT2D eigenvalue weighted by Gasteiger charge is 2.37. The molecule has 0 aromatic heterocycles. The van der Waals surface area contributed by atoms with E-state index in [0.717, 1.165) is 24.8 Å². The number of methoxy groups -OCH3 is 1. The Hall–Kier alpha value is -8.49. The van der Waals surface area contributed by atoms with E-state index in [1.54, 1.807) is 13.2 Å². The van der Waals surface area contributed by atoms with E-state index >= 15 is 0 Å². The summed E-state index contributed by atoms with van der Waals surface area (Å²) in [6.45, 7) is 19.9. The van der Waals surface area contributed by atoms with Crippen LogP contribution in [0.1, 0.15) is 110 Å². The first-order valence-corrected chi connectivity index (χ1v) is 36.3. The van der Waals surface area contributed by atoms with Gasteiger partial charge in [0.25, 0.3) is 9.84 Å². The summed E-state index contributed by atoms with van der Waals surface area (Å²) in [4.78, 5) is 158. The third-order valence-corrected chi connectivity index (χ3v) is 16.9. The van der Waals surface area contributed by atoms with Crippen LogP contribution in [0.25, 0.3) is 4.85 Å². The van der Waals surface area contributed by atoms with Gasteiger partial charge in [-0.15, -0.1) is 0 Å². The first-order chi connectivity index (χ1) is 49.5. The predicted octanol–water partition coefficient (Wildman–Crippen LogP) is 3.35. The maximum atomic E-state index is 11.0. The summed E-state index contributed by atoms with van der Waals surface area (Å²) in [5, 5.41) is 8.83. The SMILES string of the molecule is CC1CCOC1=O.CC1CCOC1=O.CCC(=O)OC1CCOC1=O.CCOC1CCOC1=O.COC1CCOC1=O.CSOC1CCOC1=O.O=C1CCOC1=O.O=C1OCCC1Br.O=C1OCCC1OCc1ccccc1.O=C1OCCC1[N+](=O)[O-].O=C1OCCS1(=O)=O.[C-]#[N+]C1CCOC1=O. The number of ketones is 1. The van der Waals surface area contributed by atoms with Crippen LogP contribution < -0.4 is 0 Å². The summed E-state index contributed by atoms with van der Waals surface area (Å²) < 4.78 is 99.9. The molecular formula is C64H87BrN2O35S2. The van der Waals surface area contributed by atoms with Crippen LogP contribution in [-0.2, 0) is 159 Å². The summed E-state index contributed by atoms with van der Waals surface area (Å²) in [6.07, 6.45) is 7.11. The monoisotopic (exact) mass is 1590 g/mol. The molecule has 12 aliphatic rings. The number of nitro groups is 1. The number of cyclic esters (lactones) is 12. The molecule has 0 radical (unpaired) electrons. The van der Waals surface area contributed by atoms with Crippen molar-refractivity contribution in [2.75, 3.05) is 105 Å². The van der Waals surface area contributed by atoms with E-state index < -0.39 is 61.9 Å². The van der Waals surface area contributed by atoms with Gasteiger partial charge in [-0.1, -0.05) is 67.0 Å². The molecule has 1 aromatic rings. The van der Waals surface area contributed by atoms with Crippen molar-refractivity contribution in [3.8, 4) is 0 Å². The molecule has 12 aliphatic heterocycles. The second-order valence-corrected chi connectivity index (χ2v) is 25.6. The number of hydrogen-bond acceptors (Lipinski definition) is 36. The highest BCUT2D eigenvalue weighted by Crippen LogP contribution is 2.18. The number of halogens is 1. The Kier molecular flexibility index (Phi) is 45.5. The molecule has 37 nitrogen and oxygen atoms in total. The largest absolute Gasteiger partial charge is 0.465 e. The van der Waals surface area contributed by atoms with Crippen molar-refractivity contribution >= 4 is 121 Å². The van der Waals surface area contributed by atoms with Gasteiger partial charge in [-0.05, 0) is 37.4 Å². The van der Waals surface area contributed by atoms with E-state index in [1.165, 1.54) is 19.2 Å². The van der Waals surface area contributed by atoms with Crippen LogP contribution in [0.2, 0.25) is 0 Å². The second kappa shape index (κ2) is 51.6. The fraction of sp³-hybridized carbons (Fsp3) is 0.672. The smallest absolute Gasteiger partial charge is 0.425 e. The molecule has 12 fully saturated rings. The predicted molar refractivity (Wildman–Crippen MR) is 353 cm³/mol. The number of carbonyl (C=O) groups is 14. The van der Waals surface area contributed by atoms with Crippen molar-refractivity contribution in [1.82, 2.24) is 0 Å². The van der Waals surface area contributed by atoms with Crippen LogP contribution >= 0.6 is 28.0 Å². The molecule has 0 aliphatic carbocycles. The third kappa shape index (κ3) is 36.8. The first-order valence-electron chi connectivity index (χ1n) is 32.6. The highest BCUT2D eigenvalue weighted by molar-refractivity contribution is 9.10. The van der Waals surface area contributed by atoms with Crippen LogP contribution in [0.15, 0.2) is 30.3 Å². The van der Waals surface area contributed by atoms with E-state index in [0.29, 0.717) is 118 Å². The minimum atomic E-state index is -3.49. The number of sulfone groups is 1. The van der Waals surface area contributed by atoms with Crippen LogP contribution in [0.5, 0.6) is 0 Å². The number of rotatable bonds is 11. The Morgan fingerprint density at radius 1 is 0.548 bits per heavy atom. The zero-order valence-corrected chi connectivity index (χ0v) is 61.3. The Morgan fingerprint density at radius 3 is 1.25 bits per heavy atom. The van der Waals surface area contributed by atoms with Crippen molar-refractivity contribution in [3.05, 3.63) is 57.4 Å². The van der Waals surface area contributed by atoms with Gasteiger partial charge in [0.1, 0.15) is 11.4 Å². The molecule has 10 atom stereocenters. The van der Waals surface area contributed by atoms with E-state index in [9.17, 15) is 85.7 Å². The topological polar surface area (TPSA) is 478 Å². The number of alkyl halides is 1. The van der Waals surface area contributed by atoms with Gasteiger partial charge in [-0.2, -0.15) is 0 Å². The third-order valence-electron chi connectivity index (χ3n) is 14.3. The Morgan fingerprint density at radius 2 is 0.990 bits per heavy atom. The summed E-state index contributed by atoms with van der Waals surface area (Å²) in [6, 6.07) is 8.19. The lowest BCUT2D eigenvalue weighted by Crippen LogP contribution is -2.23. The molecule has 0 saturated carbocycles. The van der Waals surface area contributed by atoms with E-state index in [2.05, 4.69) is 72.9 Å². The molecule has 0 bridgehead atoms. The van der Waals surface area contributed by atoms with Crippen LogP contribution in [0, 0.1) is 28.5 Å². The Labute approximate surface area is 611 Å². The zero-order chi connectivity index (χ0) is 77.6. The number of carbonyl (C=O) groups excluding carboxylic acids is 14. The number of esters is 12. The standard InChI is InChI=1S/C11H12O3.C7H10O4.C6H10O3.C5H5NO2.C5H8O3S.C5H8O3.2C5H8O2.C4H5BrO2.C4H5NO4.C4H4O3.C3H4O4S/c12-11-10(6-7-13-11)14-8-9-4-2-1-3-5-9;1-2-6(8)11-5-3-4-10-7(5)9;1-2-8-5-3-4-9-6(5)7;1-6-4-2-3-8-5(4)7;1-9-8-4-2-3-7-5(4)6;1-7-4-2-3-8-5(4)6;2*1-4-2-3-7-5(4)6;5-3-1-2-7-4(3)6;6-4-3(5(7)8)1-2-9-4;5-3-1-2-7-4(3)6;4-3-7-1-2-8(3,5)6/h1-5,10H,6-8H2;5H,2-4H2,1H3;5H,2-4H2,1H3;4H,2-3H2;4H,2-3H2,1H3;4H,2-3H2,1H3;2*4H,2-3H2,1H3;3H,1-2H2;3H,1-2H2;1-2H2;1-2H2. The first kappa shape index (κ1) is 91.6. The Bertz CT molecular complexity index is 3050. The zero-order valence-electron chi connectivity index (χ0n) is 58.1. The Balaban J connectivity index is 0.000000388. The number of hydrogen-bond donors (Lipinski definition) is 0. The molecular weight excluding hydrogens is 1500 g/mol. The van der Waals surface area contributed by atoms with E-state index in [4.69, 9.17) is 34.4 Å². The maximum Gasteiger partial charge on any atom is 0.425 e. The molecule has 1 aromatic carbocycles. The lowest BCUT2D eigenvalue weighted by atomic mass is 10.2. The number of nitrogens with zero attached hydrogens (tertiary/aromatic N) is 2. The normalized spacial score (nSPS) is 25.7. The molecule has 0 N–H and O–H groups in total. The van der Waals surface area contributed by atoms with Crippen molar-refractivity contribution in [2.24, 2.45) is 11.8 Å². The lowest BCUT2D eigenvalue weighted by molar-refractivity contribution is -0.506. The highest BCUT2D eigenvalue weighted by atomic mass is 79.9. The quantitative estimate of drug-likeness (QED) is 0.0448. The van der Waals surface area contributed by atoms with Gasteiger partial charge in [0.15, 0.2) is 24.4 Å². The van der Waals surface area contributed by atoms with Gasteiger partial charge in [0.2, 0.25) is 11.9 Å². The van der Waals surface area contributed by atoms with Crippen molar-refractivity contribution < 1.29 is 160 Å². The molecule has 10 unspecified atom stereocenters.